The zero-order chi connectivity index (χ0) is 32.7. The van der Waals surface area contributed by atoms with Gasteiger partial charge in [0.15, 0.2) is 5.75 Å². The van der Waals surface area contributed by atoms with Crippen molar-refractivity contribution in [1.29, 1.82) is 0 Å². The molecule has 0 fully saturated rings. The fourth-order valence-electron chi connectivity index (χ4n) is 5.06. The SMILES string of the molecule is COc1c(Cl)ccc2c(CC(NS(=O)(=O)c3ccccc3)C(=O)NCCCCc3ccccc3)nn(S(=O)(=O)c3ccccc3)c12. The molecular weight excluding hydrogens is 648 g/mol. The van der Waals surface area contributed by atoms with Crippen molar-refractivity contribution in [3.63, 3.8) is 0 Å². The number of benzene rings is 4. The molecule has 0 saturated heterocycles. The standard InChI is InChI=1S/C33H33ClN4O6S2/c1-44-32-28(34)21-20-27-29(36-38(31(27)32)46(42,43)26-18-9-4-10-19-26)23-30(37-45(40,41)25-16-7-3-8-17-25)33(39)35-22-12-11-15-24-13-5-2-6-14-24/h2-10,13-14,16-21,30,37H,11-12,15,22-23H2,1H3,(H,35,39). The molecule has 0 spiro atoms. The normalized spacial score (nSPS) is 12.6. The van der Waals surface area contributed by atoms with Crippen LogP contribution in [0.4, 0.5) is 0 Å². The summed E-state index contributed by atoms with van der Waals surface area (Å²) in [6, 6.07) is 27.2. The number of rotatable bonds is 14. The van der Waals surface area contributed by atoms with E-state index < -0.39 is 32.0 Å². The topological polar surface area (TPSA) is 136 Å². The summed E-state index contributed by atoms with van der Waals surface area (Å²) in [5.41, 5.74) is 1.41. The van der Waals surface area contributed by atoms with Crippen molar-refractivity contribution < 1.29 is 26.4 Å². The minimum Gasteiger partial charge on any atom is -0.493 e. The number of fused-ring (bicyclic) bond motifs is 1. The number of aromatic nitrogens is 2. The molecule has 0 aliphatic carbocycles. The highest BCUT2D eigenvalue weighted by molar-refractivity contribution is 7.90. The number of hydrogen-bond donors (Lipinski definition) is 2. The summed E-state index contributed by atoms with van der Waals surface area (Å²) in [6.07, 6.45) is 2.06. The van der Waals surface area contributed by atoms with Gasteiger partial charge in [0.05, 0.1) is 27.6 Å². The number of carbonyl (C=O) groups is 1. The molecule has 1 heterocycles. The van der Waals surface area contributed by atoms with Gasteiger partial charge in [-0.25, -0.2) is 8.42 Å². The molecule has 240 valence electrons. The lowest BCUT2D eigenvalue weighted by atomic mass is 10.1. The highest BCUT2D eigenvalue weighted by Crippen LogP contribution is 2.37. The van der Waals surface area contributed by atoms with Crippen LogP contribution in [0, 0.1) is 0 Å². The molecule has 46 heavy (non-hydrogen) atoms. The van der Waals surface area contributed by atoms with E-state index in [-0.39, 0.29) is 38.2 Å². The van der Waals surface area contributed by atoms with Gasteiger partial charge in [0.1, 0.15) is 11.6 Å². The van der Waals surface area contributed by atoms with E-state index in [2.05, 4.69) is 15.1 Å². The largest absolute Gasteiger partial charge is 0.493 e. The Morgan fingerprint density at radius 3 is 2.09 bits per heavy atom. The molecule has 4 aromatic carbocycles. The number of unbranched alkanes of at least 4 members (excludes halogenated alkanes) is 1. The lowest BCUT2D eigenvalue weighted by Gasteiger charge is -2.18. The number of hydrogen-bond acceptors (Lipinski definition) is 7. The number of nitrogens with one attached hydrogen (secondary N) is 2. The van der Waals surface area contributed by atoms with Gasteiger partial charge >= 0.3 is 0 Å². The van der Waals surface area contributed by atoms with E-state index in [0.29, 0.717) is 18.4 Å². The van der Waals surface area contributed by atoms with Crippen molar-refractivity contribution in [3.8, 4) is 5.75 Å². The summed E-state index contributed by atoms with van der Waals surface area (Å²) < 4.78 is 63.2. The van der Waals surface area contributed by atoms with E-state index in [9.17, 15) is 21.6 Å². The maximum Gasteiger partial charge on any atom is 0.283 e. The predicted molar refractivity (Wildman–Crippen MR) is 177 cm³/mol. The molecule has 0 aliphatic heterocycles. The molecule has 0 radical (unpaired) electrons. The van der Waals surface area contributed by atoms with Crippen LogP contribution in [0.25, 0.3) is 10.9 Å². The van der Waals surface area contributed by atoms with Crippen LogP contribution in [0.2, 0.25) is 5.02 Å². The zero-order valence-electron chi connectivity index (χ0n) is 25.0. The van der Waals surface area contributed by atoms with Crippen LogP contribution in [0.5, 0.6) is 5.75 Å². The van der Waals surface area contributed by atoms with Crippen LogP contribution < -0.4 is 14.8 Å². The molecular formula is C33H33ClN4O6S2. The Balaban J connectivity index is 1.48. The number of nitrogens with zero attached hydrogens (tertiary/aromatic N) is 2. The van der Waals surface area contributed by atoms with Gasteiger partial charge in [-0.2, -0.15) is 18.2 Å². The van der Waals surface area contributed by atoms with Crippen LogP contribution >= 0.6 is 11.6 Å². The summed E-state index contributed by atoms with van der Waals surface area (Å²) >= 11 is 6.40. The first-order valence-corrected chi connectivity index (χ1v) is 17.9. The average molecular weight is 681 g/mol. The lowest BCUT2D eigenvalue weighted by Crippen LogP contribution is -2.48. The summed E-state index contributed by atoms with van der Waals surface area (Å²) in [5, 5.41) is 7.76. The van der Waals surface area contributed by atoms with E-state index >= 15 is 0 Å². The summed E-state index contributed by atoms with van der Waals surface area (Å²) in [6.45, 7) is 0.316. The summed E-state index contributed by atoms with van der Waals surface area (Å²) in [5.74, 6) is -0.504. The Hall–Kier alpha value is -4.23. The number of sulfonamides is 1. The van der Waals surface area contributed by atoms with Gasteiger partial charge in [-0.05, 0) is 61.2 Å². The van der Waals surface area contributed by atoms with E-state index in [1.54, 1.807) is 42.5 Å². The minimum absolute atomic E-state index is 0.0221. The van der Waals surface area contributed by atoms with E-state index in [4.69, 9.17) is 16.3 Å². The van der Waals surface area contributed by atoms with Gasteiger partial charge in [0, 0.05) is 18.4 Å². The van der Waals surface area contributed by atoms with Crippen molar-refractivity contribution in [3.05, 3.63) is 119 Å². The van der Waals surface area contributed by atoms with Crippen molar-refractivity contribution in [1.82, 2.24) is 19.2 Å². The smallest absolute Gasteiger partial charge is 0.283 e. The fraction of sp³-hybridized carbons (Fsp3) is 0.212. The first-order valence-electron chi connectivity index (χ1n) is 14.6. The number of halogens is 1. The molecule has 1 atom stereocenters. The molecule has 1 aromatic heterocycles. The Morgan fingerprint density at radius 1 is 0.848 bits per heavy atom. The quantitative estimate of drug-likeness (QED) is 0.158. The third-order valence-corrected chi connectivity index (χ3v) is 10.7. The van der Waals surface area contributed by atoms with Gasteiger partial charge < -0.3 is 10.1 Å². The number of ether oxygens (including phenoxy) is 1. The molecule has 0 saturated carbocycles. The fourth-order valence-corrected chi connectivity index (χ4v) is 7.84. The Kier molecular flexibility index (Phi) is 10.4. The second-order valence-electron chi connectivity index (χ2n) is 10.5. The van der Waals surface area contributed by atoms with E-state index in [1.807, 2.05) is 30.3 Å². The van der Waals surface area contributed by atoms with Crippen molar-refractivity contribution in [2.75, 3.05) is 13.7 Å². The van der Waals surface area contributed by atoms with Gasteiger partial charge in [0.2, 0.25) is 15.9 Å². The number of methoxy groups -OCH3 is 1. The van der Waals surface area contributed by atoms with Crippen LogP contribution in [0.3, 0.4) is 0 Å². The Morgan fingerprint density at radius 2 is 1.46 bits per heavy atom. The van der Waals surface area contributed by atoms with Gasteiger partial charge in [-0.1, -0.05) is 78.3 Å². The van der Waals surface area contributed by atoms with Gasteiger partial charge in [-0.3, -0.25) is 4.79 Å². The second kappa shape index (κ2) is 14.5. The Labute approximate surface area is 273 Å². The van der Waals surface area contributed by atoms with Crippen LogP contribution in [0.1, 0.15) is 24.1 Å². The molecule has 2 N–H and O–H groups in total. The van der Waals surface area contributed by atoms with Crippen LogP contribution in [-0.2, 0) is 37.7 Å². The lowest BCUT2D eigenvalue weighted by molar-refractivity contribution is -0.122. The highest BCUT2D eigenvalue weighted by atomic mass is 35.5. The first kappa shape index (κ1) is 33.1. The third kappa shape index (κ3) is 7.42. The maximum atomic E-state index is 13.8. The van der Waals surface area contributed by atoms with Crippen molar-refractivity contribution in [2.45, 2.75) is 41.5 Å². The van der Waals surface area contributed by atoms with E-state index in [1.165, 1.54) is 43.0 Å². The zero-order valence-corrected chi connectivity index (χ0v) is 27.4. The predicted octanol–water partition coefficient (Wildman–Crippen LogP) is 4.96. The molecule has 1 unspecified atom stereocenters. The van der Waals surface area contributed by atoms with Crippen LogP contribution in [-0.4, -0.2) is 51.6 Å². The monoisotopic (exact) mass is 680 g/mol. The van der Waals surface area contributed by atoms with Crippen molar-refractivity contribution >= 4 is 48.5 Å². The van der Waals surface area contributed by atoms with Gasteiger partial charge in [-0.15, -0.1) is 4.09 Å². The number of amides is 1. The van der Waals surface area contributed by atoms with Gasteiger partial charge in [0.25, 0.3) is 10.0 Å². The van der Waals surface area contributed by atoms with E-state index in [0.717, 1.165) is 16.9 Å². The second-order valence-corrected chi connectivity index (χ2v) is 14.4. The number of aryl methyl sites for hydroxylation is 1. The number of carbonyl (C=O) groups excluding carboxylic acids is 1. The van der Waals surface area contributed by atoms with Crippen LogP contribution in [0.15, 0.2) is 113 Å². The molecule has 0 aliphatic rings. The molecule has 5 rings (SSSR count). The minimum atomic E-state index is -4.24. The molecule has 0 bridgehead atoms. The molecule has 5 aromatic rings. The average Bonchev–Trinajstić information content (AvgIpc) is 3.44. The Bertz CT molecular complexity index is 2020. The first-order chi connectivity index (χ1) is 22.1. The van der Waals surface area contributed by atoms with Crippen molar-refractivity contribution in [2.24, 2.45) is 0 Å². The molecule has 1 amide bonds. The summed E-state index contributed by atoms with van der Waals surface area (Å²) in [7, 11) is -7.03. The third-order valence-electron chi connectivity index (χ3n) is 7.37. The molecule has 10 nitrogen and oxygen atoms in total. The molecule has 13 heteroatoms. The summed E-state index contributed by atoms with van der Waals surface area (Å²) in [4.78, 5) is 13.5. The highest BCUT2D eigenvalue weighted by Gasteiger charge is 2.31. The maximum absolute atomic E-state index is 13.8.